The van der Waals surface area contributed by atoms with Crippen LogP contribution in [0.3, 0.4) is 0 Å². The molecule has 1 amide bonds. The van der Waals surface area contributed by atoms with E-state index in [0.717, 1.165) is 5.56 Å². The minimum atomic E-state index is -0.582. The number of benzene rings is 2. The molecule has 5 heteroatoms. The number of nitrogen functional groups attached to an aromatic ring is 1. The first-order chi connectivity index (χ1) is 8.99. The van der Waals surface area contributed by atoms with Crippen LogP contribution in [0.15, 0.2) is 40.9 Å². The van der Waals surface area contributed by atoms with Gasteiger partial charge in [0.25, 0.3) is 5.91 Å². The smallest absolute Gasteiger partial charge is 0.258 e. The number of aryl methyl sites for hydroxylation is 1. The number of anilines is 2. The second-order valence-corrected chi connectivity index (χ2v) is 4.98. The summed E-state index contributed by atoms with van der Waals surface area (Å²) in [5.41, 5.74) is 7.62. The van der Waals surface area contributed by atoms with E-state index in [1.54, 1.807) is 24.3 Å². The molecule has 3 nitrogen and oxygen atoms in total. The third-order valence-corrected chi connectivity index (χ3v) is 3.32. The van der Waals surface area contributed by atoms with Gasteiger partial charge in [0.1, 0.15) is 5.82 Å². The lowest BCUT2D eigenvalue weighted by molar-refractivity contribution is 0.102. The Hall–Kier alpha value is -1.88. The standard InChI is InChI=1S/C14H12BrFN2O/c1-8-5-6-9(17)7-12(8)18-14(19)10-3-2-4-11(15)13(10)16/h2-7H,17H2,1H3,(H,18,19). The summed E-state index contributed by atoms with van der Waals surface area (Å²) in [7, 11) is 0. The molecule has 0 aromatic heterocycles. The van der Waals surface area contributed by atoms with Crippen molar-refractivity contribution in [2.75, 3.05) is 11.1 Å². The fraction of sp³-hybridized carbons (Fsp3) is 0.0714. The number of carbonyl (C=O) groups excluding carboxylic acids is 1. The molecule has 0 saturated heterocycles. The molecule has 0 fully saturated rings. The molecule has 0 heterocycles. The highest BCUT2D eigenvalue weighted by Gasteiger charge is 2.14. The highest BCUT2D eigenvalue weighted by molar-refractivity contribution is 9.10. The number of nitrogens with one attached hydrogen (secondary N) is 1. The van der Waals surface area contributed by atoms with E-state index in [2.05, 4.69) is 21.2 Å². The molecule has 19 heavy (non-hydrogen) atoms. The molecule has 0 aliphatic heterocycles. The van der Waals surface area contributed by atoms with E-state index in [1.807, 2.05) is 6.92 Å². The van der Waals surface area contributed by atoms with Crippen LogP contribution >= 0.6 is 15.9 Å². The maximum atomic E-state index is 13.8. The Bertz CT molecular complexity index is 643. The van der Waals surface area contributed by atoms with E-state index in [0.29, 0.717) is 11.4 Å². The minimum Gasteiger partial charge on any atom is -0.399 e. The minimum absolute atomic E-state index is 0.0174. The van der Waals surface area contributed by atoms with Crippen LogP contribution in [-0.4, -0.2) is 5.91 Å². The summed E-state index contributed by atoms with van der Waals surface area (Å²) in [6.07, 6.45) is 0. The Kier molecular flexibility index (Phi) is 3.85. The molecule has 0 spiro atoms. The summed E-state index contributed by atoms with van der Waals surface area (Å²) in [4.78, 5) is 12.0. The normalized spacial score (nSPS) is 10.3. The van der Waals surface area contributed by atoms with E-state index >= 15 is 0 Å². The van der Waals surface area contributed by atoms with Crippen LogP contribution in [0.25, 0.3) is 0 Å². The van der Waals surface area contributed by atoms with Crippen LogP contribution in [0, 0.1) is 12.7 Å². The highest BCUT2D eigenvalue weighted by atomic mass is 79.9. The first-order valence-corrected chi connectivity index (χ1v) is 6.40. The molecular formula is C14H12BrFN2O. The van der Waals surface area contributed by atoms with E-state index in [-0.39, 0.29) is 10.0 Å². The summed E-state index contributed by atoms with van der Waals surface area (Å²) >= 11 is 3.05. The molecule has 98 valence electrons. The van der Waals surface area contributed by atoms with Crippen molar-refractivity contribution in [3.05, 3.63) is 57.8 Å². The average molecular weight is 323 g/mol. The quantitative estimate of drug-likeness (QED) is 0.828. The van der Waals surface area contributed by atoms with Crippen molar-refractivity contribution in [1.29, 1.82) is 0 Å². The van der Waals surface area contributed by atoms with Crippen molar-refractivity contribution in [2.45, 2.75) is 6.92 Å². The van der Waals surface area contributed by atoms with Gasteiger partial charge in [-0.1, -0.05) is 12.1 Å². The summed E-state index contributed by atoms with van der Waals surface area (Å²) in [5.74, 6) is -1.09. The van der Waals surface area contributed by atoms with E-state index < -0.39 is 11.7 Å². The lowest BCUT2D eigenvalue weighted by atomic mass is 10.1. The second kappa shape index (κ2) is 5.40. The second-order valence-electron chi connectivity index (χ2n) is 4.13. The SMILES string of the molecule is Cc1ccc(N)cc1NC(=O)c1cccc(Br)c1F. The van der Waals surface area contributed by atoms with Gasteiger partial charge >= 0.3 is 0 Å². The van der Waals surface area contributed by atoms with Crippen molar-refractivity contribution in [3.8, 4) is 0 Å². The van der Waals surface area contributed by atoms with Gasteiger partial charge in [0.2, 0.25) is 0 Å². The van der Waals surface area contributed by atoms with Crippen LogP contribution in [0.5, 0.6) is 0 Å². The van der Waals surface area contributed by atoms with Crippen molar-refractivity contribution in [2.24, 2.45) is 0 Å². The fourth-order valence-corrected chi connectivity index (χ4v) is 2.01. The molecule has 2 rings (SSSR count). The third kappa shape index (κ3) is 2.93. The van der Waals surface area contributed by atoms with Crippen LogP contribution in [0.1, 0.15) is 15.9 Å². The number of rotatable bonds is 2. The molecule has 0 bridgehead atoms. The summed E-state index contributed by atoms with van der Waals surface area (Å²) in [6, 6.07) is 9.75. The van der Waals surface area contributed by atoms with Gasteiger partial charge in [-0.05, 0) is 52.7 Å². The number of hydrogen-bond acceptors (Lipinski definition) is 2. The molecular weight excluding hydrogens is 311 g/mol. The van der Waals surface area contributed by atoms with Crippen molar-refractivity contribution in [1.82, 2.24) is 0 Å². The summed E-state index contributed by atoms with van der Waals surface area (Å²) < 4.78 is 14.1. The van der Waals surface area contributed by atoms with Gasteiger partial charge in [0, 0.05) is 11.4 Å². The van der Waals surface area contributed by atoms with Crippen molar-refractivity contribution < 1.29 is 9.18 Å². The molecule has 0 atom stereocenters. The zero-order chi connectivity index (χ0) is 14.0. The van der Waals surface area contributed by atoms with Crippen LogP contribution < -0.4 is 11.1 Å². The Balaban J connectivity index is 2.31. The molecule has 2 aromatic rings. The van der Waals surface area contributed by atoms with E-state index in [9.17, 15) is 9.18 Å². The average Bonchev–Trinajstić information content (AvgIpc) is 2.37. The first kappa shape index (κ1) is 13.5. The lowest BCUT2D eigenvalue weighted by Gasteiger charge is -2.10. The molecule has 0 unspecified atom stereocenters. The van der Waals surface area contributed by atoms with Crippen LogP contribution in [0.4, 0.5) is 15.8 Å². The molecule has 2 aromatic carbocycles. The maximum absolute atomic E-state index is 13.8. The van der Waals surface area contributed by atoms with Gasteiger partial charge in [0.05, 0.1) is 10.0 Å². The number of carbonyl (C=O) groups is 1. The van der Waals surface area contributed by atoms with Crippen molar-refractivity contribution >= 4 is 33.2 Å². The number of halogens is 2. The Morgan fingerprint density at radius 1 is 1.32 bits per heavy atom. The van der Waals surface area contributed by atoms with Gasteiger partial charge in [-0.15, -0.1) is 0 Å². The predicted molar refractivity (Wildman–Crippen MR) is 77.6 cm³/mol. The van der Waals surface area contributed by atoms with E-state index in [4.69, 9.17) is 5.73 Å². The number of hydrogen-bond donors (Lipinski definition) is 2. The Morgan fingerprint density at radius 3 is 2.79 bits per heavy atom. The monoisotopic (exact) mass is 322 g/mol. The molecule has 0 saturated carbocycles. The molecule has 3 N–H and O–H groups in total. The Labute approximate surface area is 118 Å². The summed E-state index contributed by atoms with van der Waals surface area (Å²) in [5, 5.41) is 2.66. The lowest BCUT2D eigenvalue weighted by Crippen LogP contribution is -2.14. The maximum Gasteiger partial charge on any atom is 0.258 e. The zero-order valence-electron chi connectivity index (χ0n) is 10.2. The van der Waals surface area contributed by atoms with Gasteiger partial charge in [0.15, 0.2) is 0 Å². The van der Waals surface area contributed by atoms with Crippen LogP contribution in [-0.2, 0) is 0 Å². The predicted octanol–water partition coefficient (Wildman–Crippen LogP) is 3.73. The highest BCUT2D eigenvalue weighted by Crippen LogP contribution is 2.22. The fourth-order valence-electron chi connectivity index (χ4n) is 1.64. The number of nitrogens with two attached hydrogens (primary N) is 1. The van der Waals surface area contributed by atoms with Crippen LogP contribution in [0.2, 0.25) is 0 Å². The Morgan fingerprint density at radius 2 is 2.05 bits per heavy atom. The first-order valence-electron chi connectivity index (χ1n) is 5.60. The van der Waals surface area contributed by atoms with E-state index in [1.165, 1.54) is 12.1 Å². The van der Waals surface area contributed by atoms with Gasteiger partial charge < -0.3 is 11.1 Å². The number of amides is 1. The van der Waals surface area contributed by atoms with Gasteiger partial charge in [-0.25, -0.2) is 4.39 Å². The van der Waals surface area contributed by atoms with Gasteiger partial charge in [-0.3, -0.25) is 4.79 Å². The van der Waals surface area contributed by atoms with Gasteiger partial charge in [-0.2, -0.15) is 0 Å². The molecule has 0 aliphatic carbocycles. The third-order valence-electron chi connectivity index (χ3n) is 2.71. The molecule has 0 aliphatic rings. The molecule has 0 radical (unpaired) electrons. The summed E-state index contributed by atoms with van der Waals surface area (Å²) in [6.45, 7) is 1.84. The zero-order valence-corrected chi connectivity index (χ0v) is 11.8. The topological polar surface area (TPSA) is 55.1 Å². The van der Waals surface area contributed by atoms with Crippen molar-refractivity contribution in [3.63, 3.8) is 0 Å². The largest absolute Gasteiger partial charge is 0.399 e.